The van der Waals surface area contributed by atoms with Crippen LogP contribution in [0.1, 0.15) is 19.8 Å². The number of nitro groups is 1. The topological polar surface area (TPSA) is 103 Å². The van der Waals surface area contributed by atoms with Crippen LogP contribution in [0, 0.1) is 10.1 Å². The summed E-state index contributed by atoms with van der Waals surface area (Å²) < 4.78 is 5.31. The molecule has 0 aliphatic carbocycles. The van der Waals surface area contributed by atoms with E-state index in [1.807, 2.05) is 6.92 Å². The Morgan fingerprint density at radius 1 is 1.50 bits per heavy atom. The maximum absolute atomic E-state index is 10.6. The van der Waals surface area contributed by atoms with Gasteiger partial charge in [-0.05, 0) is 12.8 Å². The van der Waals surface area contributed by atoms with Gasteiger partial charge in [0, 0.05) is 19.8 Å². The number of nitrogens with two attached hydrogens (primary N) is 1. The zero-order chi connectivity index (χ0) is 13.4. The lowest BCUT2D eigenvalue weighted by atomic mass is 10.3. The van der Waals surface area contributed by atoms with E-state index in [0.29, 0.717) is 19.0 Å². The van der Waals surface area contributed by atoms with Crippen LogP contribution in [0.4, 0.5) is 17.3 Å². The van der Waals surface area contributed by atoms with Gasteiger partial charge in [0.15, 0.2) is 0 Å². The molecule has 1 aromatic heterocycles. The number of aromatic nitrogens is 1. The first-order valence-electron chi connectivity index (χ1n) is 5.87. The number of nitrogens with one attached hydrogen (secondary N) is 1. The summed E-state index contributed by atoms with van der Waals surface area (Å²) in [5.41, 5.74) is 5.42. The third-order valence-electron chi connectivity index (χ3n) is 2.16. The van der Waals surface area contributed by atoms with Gasteiger partial charge in [0.2, 0.25) is 0 Å². The zero-order valence-electron chi connectivity index (χ0n) is 10.4. The summed E-state index contributed by atoms with van der Waals surface area (Å²) in [6.45, 7) is 4.10. The minimum absolute atomic E-state index is 0.0627. The normalized spacial score (nSPS) is 10.3. The van der Waals surface area contributed by atoms with E-state index >= 15 is 0 Å². The standard InChI is InChI=1S/C11H18N4O3/c1-2-5-18-6-3-4-13-11-8-9(15(16)17)7-10(12)14-11/h7-8H,2-6H2,1H3,(H3,12,13,14). The van der Waals surface area contributed by atoms with Gasteiger partial charge in [-0.3, -0.25) is 10.1 Å². The number of rotatable bonds is 8. The summed E-state index contributed by atoms with van der Waals surface area (Å²) in [6.07, 6.45) is 1.81. The SMILES string of the molecule is CCCOCCCNc1cc([N+](=O)[O-])cc(N)n1. The van der Waals surface area contributed by atoms with Crippen LogP contribution in [-0.4, -0.2) is 29.7 Å². The second kappa shape index (κ2) is 7.44. The molecule has 3 N–H and O–H groups in total. The molecule has 1 aromatic rings. The van der Waals surface area contributed by atoms with E-state index in [9.17, 15) is 10.1 Å². The van der Waals surface area contributed by atoms with Crippen molar-refractivity contribution >= 4 is 17.3 Å². The molecule has 7 nitrogen and oxygen atoms in total. The second-order valence-electron chi connectivity index (χ2n) is 3.79. The number of nitrogens with zero attached hydrogens (tertiary/aromatic N) is 2. The van der Waals surface area contributed by atoms with Gasteiger partial charge in [0.25, 0.3) is 5.69 Å². The third-order valence-corrected chi connectivity index (χ3v) is 2.16. The average Bonchev–Trinajstić information content (AvgIpc) is 2.33. The maximum atomic E-state index is 10.6. The second-order valence-corrected chi connectivity index (χ2v) is 3.79. The molecule has 0 fully saturated rings. The lowest BCUT2D eigenvalue weighted by Gasteiger charge is -2.06. The van der Waals surface area contributed by atoms with Crippen molar-refractivity contribution in [2.75, 3.05) is 30.8 Å². The molecular weight excluding hydrogens is 236 g/mol. The minimum atomic E-state index is -0.492. The van der Waals surface area contributed by atoms with E-state index in [4.69, 9.17) is 10.5 Å². The Morgan fingerprint density at radius 3 is 2.94 bits per heavy atom. The zero-order valence-corrected chi connectivity index (χ0v) is 10.4. The molecule has 0 atom stereocenters. The summed E-state index contributed by atoms with van der Waals surface area (Å²) in [4.78, 5) is 14.1. The van der Waals surface area contributed by atoms with E-state index in [1.54, 1.807) is 0 Å². The Kier molecular flexibility index (Phi) is 5.86. The average molecular weight is 254 g/mol. The van der Waals surface area contributed by atoms with Crippen LogP contribution < -0.4 is 11.1 Å². The Hall–Kier alpha value is -1.89. The molecule has 0 radical (unpaired) electrons. The first-order chi connectivity index (χ1) is 8.63. The summed E-state index contributed by atoms with van der Waals surface area (Å²) in [6, 6.07) is 2.60. The van der Waals surface area contributed by atoms with Crippen molar-refractivity contribution in [1.29, 1.82) is 0 Å². The smallest absolute Gasteiger partial charge is 0.276 e. The summed E-state index contributed by atoms with van der Waals surface area (Å²) in [5, 5.41) is 13.6. The van der Waals surface area contributed by atoms with Crippen LogP contribution in [0.25, 0.3) is 0 Å². The molecule has 0 saturated carbocycles. The molecule has 100 valence electrons. The minimum Gasteiger partial charge on any atom is -0.383 e. The van der Waals surface area contributed by atoms with E-state index in [0.717, 1.165) is 19.4 Å². The predicted octanol–water partition coefficient (Wildman–Crippen LogP) is 1.80. The molecule has 7 heteroatoms. The van der Waals surface area contributed by atoms with Crippen molar-refractivity contribution in [3.05, 3.63) is 22.2 Å². The van der Waals surface area contributed by atoms with Crippen molar-refractivity contribution in [3.8, 4) is 0 Å². The number of anilines is 2. The highest BCUT2D eigenvalue weighted by molar-refractivity contribution is 5.52. The highest BCUT2D eigenvalue weighted by atomic mass is 16.6. The molecule has 0 saturated heterocycles. The van der Waals surface area contributed by atoms with Gasteiger partial charge in [0.05, 0.1) is 17.1 Å². The number of hydrogen-bond donors (Lipinski definition) is 2. The summed E-state index contributed by atoms with van der Waals surface area (Å²) in [7, 11) is 0. The van der Waals surface area contributed by atoms with Crippen molar-refractivity contribution in [2.45, 2.75) is 19.8 Å². The molecule has 0 bridgehead atoms. The fraction of sp³-hybridized carbons (Fsp3) is 0.545. The Balaban J connectivity index is 2.40. The lowest BCUT2D eigenvalue weighted by molar-refractivity contribution is -0.384. The van der Waals surface area contributed by atoms with Gasteiger partial charge < -0.3 is 15.8 Å². The van der Waals surface area contributed by atoms with E-state index in [-0.39, 0.29) is 11.5 Å². The van der Waals surface area contributed by atoms with Crippen molar-refractivity contribution < 1.29 is 9.66 Å². The summed E-state index contributed by atoms with van der Waals surface area (Å²) >= 11 is 0. The van der Waals surface area contributed by atoms with Gasteiger partial charge >= 0.3 is 0 Å². The highest BCUT2D eigenvalue weighted by Gasteiger charge is 2.09. The van der Waals surface area contributed by atoms with Crippen LogP contribution in [-0.2, 0) is 4.74 Å². The van der Waals surface area contributed by atoms with E-state index in [2.05, 4.69) is 10.3 Å². The Morgan fingerprint density at radius 2 is 2.28 bits per heavy atom. The van der Waals surface area contributed by atoms with Crippen LogP contribution in [0.2, 0.25) is 0 Å². The molecule has 0 aromatic carbocycles. The number of hydrogen-bond acceptors (Lipinski definition) is 6. The molecule has 0 aliphatic rings. The number of nitrogen functional groups attached to an aromatic ring is 1. The summed E-state index contributed by atoms with van der Waals surface area (Å²) in [5.74, 6) is 0.547. The first-order valence-corrected chi connectivity index (χ1v) is 5.87. The molecule has 0 unspecified atom stereocenters. The largest absolute Gasteiger partial charge is 0.383 e. The van der Waals surface area contributed by atoms with Gasteiger partial charge in [-0.15, -0.1) is 0 Å². The van der Waals surface area contributed by atoms with Gasteiger partial charge in [-0.25, -0.2) is 4.98 Å². The lowest BCUT2D eigenvalue weighted by Crippen LogP contribution is -2.08. The quantitative estimate of drug-likeness (QED) is 0.416. The molecule has 0 spiro atoms. The van der Waals surface area contributed by atoms with Crippen LogP contribution in [0.3, 0.4) is 0 Å². The van der Waals surface area contributed by atoms with Crippen LogP contribution in [0.15, 0.2) is 12.1 Å². The van der Waals surface area contributed by atoms with Crippen LogP contribution >= 0.6 is 0 Å². The monoisotopic (exact) mass is 254 g/mol. The third kappa shape index (κ3) is 4.96. The van der Waals surface area contributed by atoms with E-state index < -0.39 is 4.92 Å². The molecular formula is C11H18N4O3. The van der Waals surface area contributed by atoms with Gasteiger partial charge in [-0.2, -0.15) is 0 Å². The molecule has 1 heterocycles. The Labute approximate surface area is 105 Å². The molecule has 18 heavy (non-hydrogen) atoms. The number of ether oxygens (including phenoxy) is 1. The van der Waals surface area contributed by atoms with Gasteiger partial charge in [-0.1, -0.05) is 6.92 Å². The van der Waals surface area contributed by atoms with E-state index in [1.165, 1.54) is 12.1 Å². The molecule has 0 aliphatic heterocycles. The van der Waals surface area contributed by atoms with Crippen molar-refractivity contribution in [3.63, 3.8) is 0 Å². The molecule has 0 amide bonds. The van der Waals surface area contributed by atoms with Crippen molar-refractivity contribution in [2.24, 2.45) is 0 Å². The molecule has 1 rings (SSSR count). The highest BCUT2D eigenvalue weighted by Crippen LogP contribution is 2.18. The van der Waals surface area contributed by atoms with Gasteiger partial charge in [0.1, 0.15) is 11.6 Å². The van der Waals surface area contributed by atoms with Crippen molar-refractivity contribution in [1.82, 2.24) is 4.98 Å². The van der Waals surface area contributed by atoms with Crippen LogP contribution in [0.5, 0.6) is 0 Å². The Bertz CT molecular complexity index is 398. The fourth-order valence-corrected chi connectivity index (χ4v) is 1.37. The first kappa shape index (κ1) is 14.2. The fourth-order valence-electron chi connectivity index (χ4n) is 1.37. The maximum Gasteiger partial charge on any atom is 0.276 e. The number of pyridine rings is 1. The predicted molar refractivity (Wildman–Crippen MR) is 69.5 cm³/mol.